The van der Waals surface area contributed by atoms with Gasteiger partial charge >= 0.3 is 0 Å². The molecule has 0 aliphatic heterocycles. The standard InChI is InChI=1S/C16H12ClN5O/c1-10(19-14-8-7-12(17)13(9-18)20-14)15-21-16(23-22-15)11-5-3-2-4-6-11/h2-8,10H,1H3,(H,19,20). The molecular weight excluding hydrogens is 314 g/mol. The highest BCUT2D eigenvalue weighted by atomic mass is 35.5. The van der Waals surface area contributed by atoms with Gasteiger partial charge in [-0.2, -0.15) is 10.2 Å². The van der Waals surface area contributed by atoms with Gasteiger partial charge < -0.3 is 9.84 Å². The molecule has 1 N–H and O–H groups in total. The van der Waals surface area contributed by atoms with Crippen LogP contribution in [-0.2, 0) is 0 Å². The maximum absolute atomic E-state index is 8.96. The molecule has 23 heavy (non-hydrogen) atoms. The Morgan fingerprint density at radius 2 is 1.96 bits per heavy atom. The average molecular weight is 326 g/mol. The van der Waals surface area contributed by atoms with E-state index in [-0.39, 0.29) is 11.7 Å². The summed E-state index contributed by atoms with van der Waals surface area (Å²) in [6.07, 6.45) is 0. The Morgan fingerprint density at radius 3 is 2.70 bits per heavy atom. The molecule has 0 fully saturated rings. The second-order valence-electron chi connectivity index (χ2n) is 4.83. The molecule has 3 aromatic rings. The molecule has 1 unspecified atom stereocenters. The Kier molecular flexibility index (Phi) is 4.22. The van der Waals surface area contributed by atoms with E-state index in [1.54, 1.807) is 12.1 Å². The smallest absolute Gasteiger partial charge is 0.257 e. The molecule has 0 aliphatic rings. The minimum Gasteiger partial charge on any atom is -0.360 e. The summed E-state index contributed by atoms with van der Waals surface area (Å²) in [5.41, 5.74) is 1.02. The van der Waals surface area contributed by atoms with Crippen molar-refractivity contribution in [2.24, 2.45) is 0 Å². The zero-order valence-corrected chi connectivity index (χ0v) is 12.9. The van der Waals surface area contributed by atoms with Gasteiger partial charge in [-0.1, -0.05) is 35.0 Å². The summed E-state index contributed by atoms with van der Waals surface area (Å²) in [4.78, 5) is 8.51. The van der Waals surface area contributed by atoms with Crippen LogP contribution in [-0.4, -0.2) is 15.1 Å². The molecule has 0 bridgehead atoms. The van der Waals surface area contributed by atoms with Gasteiger partial charge in [0.05, 0.1) is 11.1 Å². The lowest BCUT2D eigenvalue weighted by Gasteiger charge is -2.10. The first-order valence-corrected chi connectivity index (χ1v) is 7.27. The number of hydrogen-bond acceptors (Lipinski definition) is 6. The summed E-state index contributed by atoms with van der Waals surface area (Å²) < 4.78 is 5.28. The zero-order valence-electron chi connectivity index (χ0n) is 12.2. The van der Waals surface area contributed by atoms with E-state index in [0.717, 1.165) is 5.56 Å². The molecular formula is C16H12ClN5O. The summed E-state index contributed by atoms with van der Waals surface area (Å²) in [6, 6.07) is 14.5. The van der Waals surface area contributed by atoms with E-state index in [1.165, 1.54) is 0 Å². The van der Waals surface area contributed by atoms with Crippen molar-refractivity contribution in [1.82, 2.24) is 15.1 Å². The van der Waals surface area contributed by atoms with E-state index in [1.807, 2.05) is 43.3 Å². The molecule has 0 spiro atoms. The molecule has 0 saturated heterocycles. The topological polar surface area (TPSA) is 87.6 Å². The Hall–Kier alpha value is -2.91. The second-order valence-corrected chi connectivity index (χ2v) is 5.24. The number of rotatable bonds is 4. The van der Waals surface area contributed by atoms with Crippen LogP contribution in [0.1, 0.15) is 24.5 Å². The van der Waals surface area contributed by atoms with E-state index >= 15 is 0 Å². The number of halogens is 1. The van der Waals surface area contributed by atoms with E-state index in [2.05, 4.69) is 20.4 Å². The van der Waals surface area contributed by atoms with Gasteiger partial charge in [-0.3, -0.25) is 0 Å². The van der Waals surface area contributed by atoms with Crippen LogP contribution >= 0.6 is 11.6 Å². The van der Waals surface area contributed by atoms with E-state index < -0.39 is 0 Å². The highest BCUT2D eigenvalue weighted by molar-refractivity contribution is 6.31. The average Bonchev–Trinajstić information content (AvgIpc) is 3.07. The lowest BCUT2D eigenvalue weighted by Crippen LogP contribution is -2.10. The molecule has 2 heterocycles. The van der Waals surface area contributed by atoms with Gasteiger partial charge in [0.1, 0.15) is 11.9 Å². The van der Waals surface area contributed by atoms with Crippen LogP contribution in [0.5, 0.6) is 0 Å². The van der Waals surface area contributed by atoms with Gasteiger partial charge in [0, 0.05) is 5.56 Å². The molecule has 0 saturated carbocycles. The first kappa shape index (κ1) is 15.0. The fourth-order valence-corrected chi connectivity index (χ4v) is 2.14. The van der Waals surface area contributed by atoms with Crippen molar-refractivity contribution < 1.29 is 4.52 Å². The van der Waals surface area contributed by atoms with Gasteiger partial charge in [-0.25, -0.2) is 4.98 Å². The highest BCUT2D eigenvalue weighted by Crippen LogP contribution is 2.22. The Morgan fingerprint density at radius 1 is 1.17 bits per heavy atom. The van der Waals surface area contributed by atoms with Crippen LogP contribution in [0.2, 0.25) is 5.02 Å². The van der Waals surface area contributed by atoms with Crippen LogP contribution in [0, 0.1) is 11.3 Å². The number of benzene rings is 1. The molecule has 2 aromatic heterocycles. The summed E-state index contributed by atoms with van der Waals surface area (Å²) in [5.74, 6) is 1.47. The van der Waals surface area contributed by atoms with Crippen LogP contribution in [0.15, 0.2) is 47.0 Å². The Labute approximate surface area is 137 Å². The lowest BCUT2D eigenvalue weighted by atomic mass is 10.2. The third-order valence-corrected chi connectivity index (χ3v) is 3.47. The number of pyridine rings is 1. The number of nitrogens with zero attached hydrogens (tertiary/aromatic N) is 4. The Bertz CT molecular complexity index is 856. The summed E-state index contributed by atoms with van der Waals surface area (Å²) in [5, 5.41) is 16.4. The minimum atomic E-state index is -0.239. The van der Waals surface area contributed by atoms with Gasteiger partial charge in [0.15, 0.2) is 11.5 Å². The van der Waals surface area contributed by atoms with Crippen LogP contribution in [0.25, 0.3) is 11.5 Å². The molecule has 6 nitrogen and oxygen atoms in total. The molecule has 7 heteroatoms. The molecule has 3 rings (SSSR count). The highest BCUT2D eigenvalue weighted by Gasteiger charge is 2.15. The van der Waals surface area contributed by atoms with Gasteiger partial charge in [0.2, 0.25) is 0 Å². The maximum Gasteiger partial charge on any atom is 0.257 e. The molecule has 114 valence electrons. The lowest BCUT2D eigenvalue weighted by molar-refractivity contribution is 0.419. The van der Waals surface area contributed by atoms with Crippen molar-refractivity contribution in [3.05, 3.63) is 59.0 Å². The third-order valence-electron chi connectivity index (χ3n) is 3.17. The fraction of sp³-hybridized carbons (Fsp3) is 0.125. The zero-order chi connectivity index (χ0) is 16.2. The summed E-state index contributed by atoms with van der Waals surface area (Å²) in [6.45, 7) is 1.88. The molecule has 1 aromatic carbocycles. The van der Waals surface area contributed by atoms with Gasteiger partial charge in [-0.15, -0.1) is 0 Å². The van der Waals surface area contributed by atoms with E-state index in [0.29, 0.717) is 22.6 Å². The SMILES string of the molecule is CC(Nc1ccc(Cl)c(C#N)n1)c1noc(-c2ccccc2)n1. The van der Waals surface area contributed by atoms with Gasteiger partial charge in [0.25, 0.3) is 5.89 Å². The number of aromatic nitrogens is 3. The number of hydrogen-bond donors (Lipinski definition) is 1. The van der Waals surface area contributed by atoms with Crippen molar-refractivity contribution in [1.29, 1.82) is 5.26 Å². The molecule has 0 aliphatic carbocycles. The largest absolute Gasteiger partial charge is 0.360 e. The van der Waals surface area contributed by atoms with Crippen LogP contribution in [0.4, 0.5) is 5.82 Å². The number of anilines is 1. The van der Waals surface area contributed by atoms with Crippen molar-refractivity contribution in [3.8, 4) is 17.5 Å². The van der Waals surface area contributed by atoms with Gasteiger partial charge in [-0.05, 0) is 31.2 Å². The van der Waals surface area contributed by atoms with Crippen molar-refractivity contribution in [2.75, 3.05) is 5.32 Å². The maximum atomic E-state index is 8.96. The predicted octanol–water partition coefficient (Wildman–Crippen LogP) is 3.83. The first-order valence-electron chi connectivity index (χ1n) is 6.89. The van der Waals surface area contributed by atoms with Crippen molar-refractivity contribution in [3.63, 3.8) is 0 Å². The molecule has 0 amide bonds. The minimum absolute atomic E-state index is 0.168. The quantitative estimate of drug-likeness (QED) is 0.784. The Balaban J connectivity index is 1.78. The number of nitrogens with one attached hydrogen (secondary N) is 1. The summed E-state index contributed by atoms with van der Waals surface area (Å²) in [7, 11) is 0. The van der Waals surface area contributed by atoms with Crippen LogP contribution < -0.4 is 5.32 Å². The van der Waals surface area contributed by atoms with Crippen molar-refractivity contribution in [2.45, 2.75) is 13.0 Å². The first-order chi connectivity index (χ1) is 11.2. The van der Waals surface area contributed by atoms with Crippen molar-refractivity contribution >= 4 is 17.4 Å². The monoisotopic (exact) mass is 325 g/mol. The fourth-order valence-electron chi connectivity index (χ4n) is 2.00. The van der Waals surface area contributed by atoms with Crippen LogP contribution in [0.3, 0.4) is 0 Å². The third kappa shape index (κ3) is 3.30. The predicted molar refractivity (Wildman–Crippen MR) is 85.7 cm³/mol. The van der Waals surface area contributed by atoms with E-state index in [9.17, 15) is 0 Å². The molecule has 1 atom stereocenters. The number of nitriles is 1. The van der Waals surface area contributed by atoms with E-state index in [4.69, 9.17) is 21.4 Å². The summed E-state index contributed by atoms with van der Waals surface area (Å²) >= 11 is 5.87. The second kappa shape index (κ2) is 6.46. The molecule has 0 radical (unpaired) electrons. The normalized spacial score (nSPS) is 11.7.